The molecule has 5 rings (SSSR count). The van der Waals surface area contributed by atoms with Crippen molar-refractivity contribution in [1.82, 2.24) is 5.16 Å². The fourth-order valence-corrected chi connectivity index (χ4v) is 6.79. The number of Topliss-reactive ketones (excluding diaryl/α,β-unsaturated/α-hetero) is 1. The van der Waals surface area contributed by atoms with Crippen LogP contribution in [0.5, 0.6) is 0 Å². The van der Waals surface area contributed by atoms with E-state index in [0.717, 1.165) is 54.2 Å². The summed E-state index contributed by atoms with van der Waals surface area (Å²) in [7, 11) is 0. The van der Waals surface area contributed by atoms with Crippen LogP contribution in [-0.2, 0) is 16.0 Å². The van der Waals surface area contributed by atoms with Crippen molar-refractivity contribution in [1.29, 1.82) is 0 Å². The van der Waals surface area contributed by atoms with E-state index in [1.165, 1.54) is 12.0 Å². The number of nitrogens with zero attached hydrogens (tertiary/aromatic N) is 1. The lowest BCUT2D eigenvalue weighted by atomic mass is 9.69. The summed E-state index contributed by atoms with van der Waals surface area (Å²) in [4.78, 5) is 25.5. The van der Waals surface area contributed by atoms with Gasteiger partial charge in [0.15, 0.2) is 0 Å². The van der Waals surface area contributed by atoms with Crippen LogP contribution >= 0.6 is 11.6 Å². The van der Waals surface area contributed by atoms with Crippen LogP contribution in [0.1, 0.15) is 105 Å². The minimum atomic E-state index is -0.828. The van der Waals surface area contributed by atoms with E-state index in [1.54, 1.807) is 0 Å². The first kappa shape index (κ1) is 24.5. The van der Waals surface area contributed by atoms with Crippen molar-refractivity contribution in [2.45, 2.75) is 89.9 Å². The van der Waals surface area contributed by atoms with Gasteiger partial charge in [-0.15, -0.1) is 0 Å². The van der Waals surface area contributed by atoms with Gasteiger partial charge in [0.25, 0.3) is 0 Å². The summed E-state index contributed by atoms with van der Waals surface area (Å²) in [6.07, 6.45) is 6.79. The van der Waals surface area contributed by atoms with Gasteiger partial charge in [0.05, 0.1) is 11.6 Å². The molecule has 6 heteroatoms. The zero-order valence-corrected chi connectivity index (χ0v) is 21.7. The first-order chi connectivity index (χ1) is 16.7. The Kier molecular flexibility index (Phi) is 6.82. The molecular formula is C29H36ClNO4. The highest BCUT2D eigenvalue weighted by Gasteiger charge is 2.48. The fourth-order valence-electron chi connectivity index (χ4n) is 6.49. The third kappa shape index (κ3) is 5.07. The Bertz CT molecular complexity index is 1110. The lowest BCUT2D eigenvalue weighted by Gasteiger charge is -2.35. The number of carbonyl (C=O) groups is 2. The van der Waals surface area contributed by atoms with E-state index in [2.05, 4.69) is 19.0 Å². The first-order valence-corrected chi connectivity index (χ1v) is 13.6. The standard InChI is InChI=1S/C29H36ClNO4/c1-15(2)8-17-10-20(11-17)28-26(18-6-7-18)27(31-35-28)23-13-21(29(33)34)12-22(23)25(32)14-19-5-4-16(3)9-24(19)30/h4-5,9,15,17-18,20-23H,6-8,10-14H2,1-3H3,(H,33,34)/t17?,20?,21-,22-,23-/m1/s1. The molecule has 3 aliphatic carbocycles. The molecule has 0 spiro atoms. The number of benzene rings is 1. The van der Waals surface area contributed by atoms with E-state index < -0.39 is 11.9 Å². The number of rotatable bonds is 9. The van der Waals surface area contributed by atoms with Gasteiger partial charge in [-0.3, -0.25) is 9.59 Å². The highest BCUT2D eigenvalue weighted by Crippen LogP contribution is 2.55. The molecule has 0 saturated heterocycles. The van der Waals surface area contributed by atoms with Crippen molar-refractivity contribution in [3.05, 3.63) is 51.4 Å². The second kappa shape index (κ2) is 9.72. The number of carboxylic acids is 1. The normalized spacial score (nSPS) is 28.3. The van der Waals surface area contributed by atoms with E-state index in [-0.39, 0.29) is 24.0 Å². The largest absolute Gasteiger partial charge is 0.481 e. The van der Waals surface area contributed by atoms with Crippen molar-refractivity contribution in [3.8, 4) is 0 Å². The monoisotopic (exact) mass is 497 g/mol. The molecule has 0 bridgehead atoms. The number of aryl methyl sites for hydroxylation is 1. The Morgan fingerprint density at radius 1 is 1.14 bits per heavy atom. The van der Waals surface area contributed by atoms with Crippen molar-refractivity contribution in [3.63, 3.8) is 0 Å². The Hall–Kier alpha value is -2.14. The number of halogens is 1. The van der Waals surface area contributed by atoms with Gasteiger partial charge in [0.1, 0.15) is 11.5 Å². The van der Waals surface area contributed by atoms with Crippen molar-refractivity contribution < 1.29 is 19.2 Å². The molecule has 35 heavy (non-hydrogen) atoms. The molecule has 188 valence electrons. The van der Waals surface area contributed by atoms with E-state index in [9.17, 15) is 14.7 Å². The lowest BCUT2D eigenvalue weighted by molar-refractivity contribution is -0.141. The van der Waals surface area contributed by atoms with E-state index in [1.807, 2.05) is 25.1 Å². The minimum Gasteiger partial charge on any atom is -0.481 e. The fraction of sp³-hybridized carbons (Fsp3) is 0.621. The Labute approximate surface area is 212 Å². The predicted octanol–water partition coefficient (Wildman–Crippen LogP) is 7.06. The van der Waals surface area contributed by atoms with Gasteiger partial charge in [-0.1, -0.05) is 42.7 Å². The number of aliphatic carboxylic acids is 1. The molecule has 2 aromatic rings. The molecule has 0 radical (unpaired) electrons. The summed E-state index contributed by atoms with van der Waals surface area (Å²) in [6, 6.07) is 5.74. The van der Waals surface area contributed by atoms with Gasteiger partial charge in [-0.25, -0.2) is 0 Å². The van der Waals surface area contributed by atoms with Crippen LogP contribution in [0.4, 0.5) is 0 Å². The van der Waals surface area contributed by atoms with Gasteiger partial charge in [-0.2, -0.15) is 0 Å². The van der Waals surface area contributed by atoms with Gasteiger partial charge in [0, 0.05) is 34.8 Å². The molecule has 1 N–H and O–H groups in total. The first-order valence-electron chi connectivity index (χ1n) is 13.2. The van der Waals surface area contributed by atoms with Crippen LogP contribution in [0.3, 0.4) is 0 Å². The molecule has 0 amide bonds. The van der Waals surface area contributed by atoms with E-state index in [4.69, 9.17) is 16.1 Å². The topological polar surface area (TPSA) is 80.4 Å². The molecule has 1 heterocycles. The molecule has 3 atom stereocenters. The van der Waals surface area contributed by atoms with Gasteiger partial charge >= 0.3 is 5.97 Å². The van der Waals surface area contributed by atoms with Crippen LogP contribution in [0.15, 0.2) is 22.7 Å². The van der Waals surface area contributed by atoms with Crippen molar-refractivity contribution in [2.75, 3.05) is 0 Å². The second-order valence-electron chi connectivity index (χ2n) is 11.7. The molecule has 3 saturated carbocycles. The highest BCUT2D eigenvalue weighted by molar-refractivity contribution is 6.31. The number of ketones is 1. The predicted molar refractivity (Wildman–Crippen MR) is 135 cm³/mol. The van der Waals surface area contributed by atoms with Crippen LogP contribution in [0.2, 0.25) is 5.02 Å². The molecule has 1 aromatic heterocycles. The number of hydrogen-bond donors (Lipinski definition) is 1. The molecule has 1 aromatic carbocycles. The summed E-state index contributed by atoms with van der Waals surface area (Å²) in [5.74, 6) is 1.44. The molecule has 5 nitrogen and oxygen atoms in total. The SMILES string of the molecule is Cc1ccc(CC(=O)[C@@H]2C[C@@H](C(=O)O)C[C@H]2c2noc(C3CC(CC(C)C)C3)c2C2CC2)c(Cl)c1. The maximum absolute atomic E-state index is 13.5. The third-order valence-electron chi connectivity index (χ3n) is 8.43. The summed E-state index contributed by atoms with van der Waals surface area (Å²) in [6.45, 7) is 6.52. The van der Waals surface area contributed by atoms with Gasteiger partial charge in [0.2, 0.25) is 0 Å². The van der Waals surface area contributed by atoms with E-state index in [0.29, 0.717) is 35.6 Å². The van der Waals surface area contributed by atoms with Crippen LogP contribution in [0.25, 0.3) is 0 Å². The Morgan fingerprint density at radius 3 is 2.51 bits per heavy atom. The van der Waals surface area contributed by atoms with Gasteiger partial charge < -0.3 is 9.63 Å². The number of aromatic nitrogens is 1. The van der Waals surface area contributed by atoms with Crippen LogP contribution in [0, 0.1) is 30.6 Å². The molecule has 3 aliphatic rings. The minimum absolute atomic E-state index is 0.0523. The molecule has 0 aliphatic heterocycles. The maximum Gasteiger partial charge on any atom is 0.306 e. The summed E-state index contributed by atoms with van der Waals surface area (Å²) in [5.41, 5.74) is 3.92. The Morgan fingerprint density at radius 2 is 1.89 bits per heavy atom. The molecular weight excluding hydrogens is 462 g/mol. The zero-order chi connectivity index (χ0) is 24.9. The summed E-state index contributed by atoms with van der Waals surface area (Å²) >= 11 is 6.42. The summed E-state index contributed by atoms with van der Waals surface area (Å²) < 4.78 is 6.01. The summed E-state index contributed by atoms with van der Waals surface area (Å²) in [5, 5.41) is 15.0. The van der Waals surface area contributed by atoms with Gasteiger partial charge in [-0.05, 0) is 86.8 Å². The Balaban J connectivity index is 1.40. The van der Waals surface area contributed by atoms with E-state index >= 15 is 0 Å². The van der Waals surface area contributed by atoms with Crippen molar-refractivity contribution in [2.24, 2.45) is 23.7 Å². The zero-order valence-electron chi connectivity index (χ0n) is 20.9. The second-order valence-corrected chi connectivity index (χ2v) is 12.1. The van der Waals surface area contributed by atoms with Crippen LogP contribution in [-0.4, -0.2) is 22.0 Å². The number of hydrogen-bond acceptors (Lipinski definition) is 4. The smallest absolute Gasteiger partial charge is 0.306 e. The quantitative estimate of drug-likeness (QED) is 0.401. The average Bonchev–Trinajstić information content (AvgIpc) is 3.35. The number of carbonyl (C=O) groups excluding carboxylic acids is 1. The highest BCUT2D eigenvalue weighted by atomic mass is 35.5. The average molecular weight is 498 g/mol. The molecule has 3 fully saturated rings. The molecule has 0 unspecified atom stereocenters. The van der Waals surface area contributed by atoms with Crippen LogP contribution < -0.4 is 0 Å². The maximum atomic E-state index is 13.5. The third-order valence-corrected chi connectivity index (χ3v) is 8.78. The number of carboxylic acid groups (broad SMARTS) is 1. The lowest BCUT2D eigenvalue weighted by Crippen LogP contribution is -2.24. The van der Waals surface area contributed by atoms with Crippen molar-refractivity contribution >= 4 is 23.4 Å².